The number of rotatable bonds is 4. The van der Waals surface area contributed by atoms with Crippen molar-refractivity contribution in [1.82, 2.24) is 10.3 Å². The van der Waals surface area contributed by atoms with Crippen LogP contribution < -0.4 is 20.9 Å². The van der Waals surface area contributed by atoms with Crippen molar-refractivity contribution in [3.8, 4) is 5.75 Å². The number of ether oxygens (including phenoxy) is 1. The second kappa shape index (κ2) is 7.27. The average Bonchev–Trinajstić information content (AvgIpc) is 2.59. The highest BCUT2D eigenvalue weighted by Gasteiger charge is 2.07. The van der Waals surface area contributed by atoms with Gasteiger partial charge < -0.3 is 20.4 Å². The Balaban J connectivity index is 1.71. The molecule has 3 rings (SSSR count). The van der Waals surface area contributed by atoms with Crippen molar-refractivity contribution in [2.45, 2.75) is 6.54 Å². The Morgan fingerprint density at radius 2 is 2.04 bits per heavy atom. The van der Waals surface area contributed by atoms with Crippen molar-refractivity contribution in [3.05, 3.63) is 69.5 Å². The lowest BCUT2D eigenvalue weighted by Crippen LogP contribution is -2.30. The van der Waals surface area contributed by atoms with E-state index in [9.17, 15) is 9.59 Å². The summed E-state index contributed by atoms with van der Waals surface area (Å²) in [5.41, 5.74) is 1.45. The molecule has 0 spiro atoms. The number of benzene rings is 2. The molecule has 0 unspecified atom stereocenters. The smallest absolute Gasteiger partial charge is 0.319 e. The van der Waals surface area contributed by atoms with E-state index in [4.69, 9.17) is 16.3 Å². The average molecular weight is 358 g/mol. The van der Waals surface area contributed by atoms with Crippen LogP contribution in [-0.2, 0) is 6.54 Å². The molecule has 0 aliphatic heterocycles. The second-order valence-corrected chi connectivity index (χ2v) is 5.83. The Morgan fingerprint density at radius 3 is 2.80 bits per heavy atom. The van der Waals surface area contributed by atoms with E-state index >= 15 is 0 Å². The number of aromatic nitrogens is 1. The predicted octanol–water partition coefficient (Wildman–Crippen LogP) is 3.51. The molecule has 0 saturated heterocycles. The molecule has 0 atom stereocenters. The van der Waals surface area contributed by atoms with Gasteiger partial charge in [0, 0.05) is 28.9 Å². The van der Waals surface area contributed by atoms with Crippen LogP contribution in [0.15, 0.2) is 53.3 Å². The first kappa shape index (κ1) is 16.9. The molecule has 128 valence electrons. The van der Waals surface area contributed by atoms with Gasteiger partial charge in [-0.3, -0.25) is 4.79 Å². The molecular formula is C18H16ClN3O3. The lowest BCUT2D eigenvalue weighted by Gasteiger charge is -2.09. The first-order valence-corrected chi connectivity index (χ1v) is 7.93. The number of carbonyl (C=O) groups excluding carboxylic acids is 1. The quantitative estimate of drug-likeness (QED) is 0.668. The van der Waals surface area contributed by atoms with Gasteiger partial charge in [0.25, 0.3) is 5.56 Å². The number of anilines is 1. The number of H-pyrrole nitrogens is 1. The number of fused-ring (bicyclic) bond motifs is 1. The summed E-state index contributed by atoms with van der Waals surface area (Å²) >= 11 is 5.87. The fourth-order valence-electron chi connectivity index (χ4n) is 2.40. The molecular weight excluding hydrogens is 342 g/mol. The molecule has 3 N–H and O–H groups in total. The molecule has 0 fully saturated rings. The highest BCUT2D eigenvalue weighted by Crippen LogP contribution is 2.18. The van der Waals surface area contributed by atoms with Crippen LogP contribution in [0.25, 0.3) is 10.9 Å². The third-order valence-electron chi connectivity index (χ3n) is 3.65. The normalized spacial score (nSPS) is 10.5. The molecule has 3 aromatic rings. The fourth-order valence-corrected chi connectivity index (χ4v) is 2.59. The summed E-state index contributed by atoms with van der Waals surface area (Å²) in [7, 11) is 1.57. The number of nitrogens with one attached hydrogen (secondary N) is 3. The minimum absolute atomic E-state index is 0.101. The molecule has 25 heavy (non-hydrogen) atoms. The van der Waals surface area contributed by atoms with Gasteiger partial charge in [0.1, 0.15) is 5.75 Å². The van der Waals surface area contributed by atoms with Crippen molar-refractivity contribution < 1.29 is 9.53 Å². The van der Waals surface area contributed by atoms with Gasteiger partial charge in [0.15, 0.2) is 0 Å². The Bertz CT molecular complexity index is 985. The summed E-state index contributed by atoms with van der Waals surface area (Å²) in [5, 5.41) is 6.70. The number of halogens is 1. The molecule has 7 heteroatoms. The number of urea groups is 1. The first-order valence-electron chi connectivity index (χ1n) is 7.55. The van der Waals surface area contributed by atoms with E-state index in [1.165, 1.54) is 0 Å². The fraction of sp³-hybridized carbons (Fsp3) is 0.111. The summed E-state index contributed by atoms with van der Waals surface area (Å²) < 4.78 is 5.14. The van der Waals surface area contributed by atoms with E-state index < -0.39 is 6.03 Å². The number of hydrogen-bond donors (Lipinski definition) is 3. The van der Waals surface area contributed by atoms with Crippen LogP contribution in [0.4, 0.5) is 10.5 Å². The molecule has 0 radical (unpaired) electrons. The van der Waals surface area contributed by atoms with Crippen molar-refractivity contribution in [2.75, 3.05) is 12.4 Å². The van der Waals surface area contributed by atoms with Gasteiger partial charge >= 0.3 is 6.03 Å². The molecule has 1 heterocycles. The van der Waals surface area contributed by atoms with Crippen LogP contribution in [0.3, 0.4) is 0 Å². The maximum absolute atomic E-state index is 12.2. The van der Waals surface area contributed by atoms with Gasteiger partial charge in [0.05, 0.1) is 12.6 Å². The Hall–Kier alpha value is -2.99. The van der Waals surface area contributed by atoms with Gasteiger partial charge in [-0.1, -0.05) is 17.7 Å². The highest BCUT2D eigenvalue weighted by atomic mass is 35.5. The number of pyridine rings is 1. The zero-order valence-corrected chi connectivity index (χ0v) is 14.2. The molecule has 1 aromatic heterocycles. The molecule has 0 aliphatic rings. The summed E-state index contributed by atoms with van der Waals surface area (Å²) in [6.45, 7) is 0.101. The van der Waals surface area contributed by atoms with Crippen LogP contribution in [0.2, 0.25) is 5.02 Å². The predicted molar refractivity (Wildman–Crippen MR) is 98.4 cm³/mol. The Kier molecular flexibility index (Phi) is 4.90. The van der Waals surface area contributed by atoms with Crippen molar-refractivity contribution in [3.63, 3.8) is 0 Å². The lowest BCUT2D eigenvalue weighted by atomic mass is 10.1. The lowest BCUT2D eigenvalue weighted by molar-refractivity contribution is 0.251. The molecule has 0 aliphatic carbocycles. The van der Waals surface area contributed by atoms with E-state index in [0.29, 0.717) is 27.5 Å². The molecule has 2 amide bonds. The van der Waals surface area contributed by atoms with Crippen LogP contribution >= 0.6 is 11.6 Å². The summed E-state index contributed by atoms with van der Waals surface area (Å²) in [5.74, 6) is 0.662. The molecule has 6 nitrogen and oxygen atoms in total. The summed E-state index contributed by atoms with van der Waals surface area (Å²) in [4.78, 5) is 26.9. The number of hydrogen-bond acceptors (Lipinski definition) is 3. The number of methoxy groups -OCH3 is 1. The van der Waals surface area contributed by atoms with Crippen LogP contribution in [0, 0.1) is 0 Å². The summed E-state index contributed by atoms with van der Waals surface area (Å²) in [6, 6.07) is 13.5. The van der Waals surface area contributed by atoms with Crippen LogP contribution in [0.5, 0.6) is 5.75 Å². The number of amides is 2. The van der Waals surface area contributed by atoms with Crippen molar-refractivity contribution in [2.24, 2.45) is 0 Å². The zero-order chi connectivity index (χ0) is 17.8. The van der Waals surface area contributed by atoms with Crippen LogP contribution in [-0.4, -0.2) is 18.1 Å². The largest absolute Gasteiger partial charge is 0.497 e. The van der Waals surface area contributed by atoms with Crippen molar-refractivity contribution in [1.29, 1.82) is 0 Å². The van der Waals surface area contributed by atoms with E-state index in [1.54, 1.807) is 43.5 Å². The van der Waals surface area contributed by atoms with Crippen LogP contribution in [0.1, 0.15) is 5.56 Å². The number of aromatic amines is 1. The number of carbonyl (C=O) groups is 1. The van der Waals surface area contributed by atoms with E-state index in [1.807, 2.05) is 12.1 Å². The first-order chi connectivity index (χ1) is 12.0. The van der Waals surface area contributed by atoms with Gasteiger partial charge in [-0.25, -0.2) is 4.79 Å². The van der Waals surface area contributed by atoms with Gasteiger partial charge in [-0.15, -0.1) is 0 Å². The SMILES string of the molecule is COc1ccc2cc(CNC(=O)Nc3cccc(Cl)c3)c(=O)[nH]c2c1. The third kappa shape index (κ3) is 4.10. The Labute approximate surface area is 148 Å². The highest BCUT2D eigenvalue weighted by molar-refractivity contribution is 6.30. The molecule has 2 aromatic carbocycles. The maximum atomic E-state index is 12.2. The minimum atomic E-state index is -0.420. The van der Waals surface area contributed by atoms with Gasteiger partial charge in [0.2, 0.25) is 0 Å². The second-order valence-electron chi connectivity index (χ2n) is 5.39. The van der Waals surface area contributed by atoms with E-state index in [0.717, 1.165) is 5.39 Å². The summed E-state index contributed by atoms with van der Waals surface area (Å²) in [6.07, 6.45) is 0. The molecule has 0 bridgehead atoms. The molecule has 0 saturated carbocycles. The van der Waals surface area contributed by atoms with Gasteiger partial charge in [-0.05, 0) is 41.8 Å². The third-order valence-corrected chi connectivity index (χ3v) is 3.89. The maximum Gasteiger partial charge on any atom is 0.319 e. The topological polar surface area (TPSA) is 83.2 Å². The van der Waals surface area contributed by atoms with Gasteiger partial charge in [-0.2, -0.15) is 0 Å². The van der Waals surface area contributed by atoms with Crippen molar-refractivity contribution >= 4 is 34.2 Å². The van der Waals surface area contributed by atoms with E-state index in [2.05, 4.69) is 15.6 Å². The standard InChI is InChI=1S/C18H16ClN3O3/c1-25-15-6-5-11-7-12(17(23)22-16(11)9-15)10-20-18(24)21-14-4-2-3-13(19)8-14/h2-9H,10H2,1H3,(H,22,23)(H2,20,21,24). The Morgan fingerprint density at radius 1 is 1.20 bits per heavy atom. The monoisotopic (exact) mass is 357 g/mol. The van der Waals surface area contributed by atoms with E-state index in [-0.39, 0.29) is 12.1 Å². The zero-order valence-electron chi connectivity index (χ0n) is 13.4. The minimum Gasteiger partial charge on any atom is -0.497 e.